The van der Waals surface area contributed by atoms with Crippen molar-refractivity contribution in [3.8, 4) is 11.1 Å². The molecule has 0 bridgehead atoms. The third-order valence-corrected chi connectivity index (χ3v) is 4.72. The third kappa shape index (κ3) is 4.48. The van der Waals surface area contributed by atoms with Gasteiger partial charge in [0.1, 0.15) is 0 Å². The number of nitrogens with zero attached hydrogens (tertiary/aromatic N) is 5. The highest BCUT2D eigenvalue weighted by Gasteiger charge is 2.24. The second kappa shape index (κ2) is 8.08. The molecule has 0 spiro atoms. The van der Waals surface area contributed by atoms with Crippen molar-refractivity contribution in [3.05, 3.63) is 54.1 Å². The summed E-state index contributed by atoms with van der Waals surface area (Å²) in [5, 5.41) is 11.0. The van der Waals surface area contributed by atoms with E-state index in [2.05, 4.69) is 25.5 Å². The van der Waals surface area contributed by atoms with Gasteiger partial charge in [0.25, 0.3) is 0 Å². The van der Waals surface area contributed by atoms with E-state index in [4.69, 9.17) is 4.74 Å². The zero-order chi connectivity index (χ0) is 20.4. The molecule has 29 heavy (non-hydrogen) atoms. The summed E-state index contributed by atoms with van der Waals surface area (Å²) in [5.41, 5.74) is 3.07. The summed E-state index contributed by atoms with van der Waals surface area (Å²) in [4.78, 5) is 10.5. The minimum atomic E-state index is -0.550. The minimum Gasteiger partial charge on any atom is -0.372 e. The first-order chi connectivity index (χ1) is 14.0. The number of hydrogen-bond donors (Lipinski definition) is 1. The largest absolute Gasteiger partial charge is 0.372 e. The molecule has 7 nitrogen and oxygen atoms in total. The zero-order valence-corrected chi connectivity index (χ0v) is 16.6. The molecule has 3 aromatic rings. The van der Waals surface area contributed by atoms with Gasteiger partial charge in [-0.3, -0.25) is 0 Å². The van der Waals surface area contributed by atoms with Gasteiger partial charge in [0.15, 0.2) is 17.5 Å². The normalized spacial score (nSPS) is 19.2. The Kier molecular flexibility index (Phi) is 5.35. The van der Waals surface area contributed by atoms with E-state index in [1.165, 1.54) is 11.8 Å². The van der Waals surface area contributed by atoms with Gasteiger partial charge in [-0.2, -0.15) is 10.1 Å². The van der Waals surface area contributed by atoms with Crippen LogP contribution in [0.2, 0.25) is 0 Å². The lowest BCUT2D eigenvalue weighted by atomic mass is 10.1. The highest BCUT2D eigenvalue weighted by Crippen LogP contribution is 2.24. The molecule has 1 aliphatic rings. The molecule has 0 unspecified atom stereocenters. The molecule has 0 aliphatic carbocycles. The van der Waals surface area contributed by atoms with Crippen LogP contribution in [0.25, 0.3) is 11.1 Å². The van der Waals surface area contributed by atoms with E-state index in [1.807, 2.05) is 56.0 Å². The first-order valence-corrected chi connectivity index (χ1v) is 9.57. The van der Waals surface area contributed by atoms with E-state index in [-0.39, 0.29) is 18.0 Å². The first kappa shape index (κ1) is 19.2. The summed E-state index contributed by atoms with van der Waals surface area (Å²) in [7, 11) is 0. The predicted octanol–water partition coefficient (Wildman–Crippen LogP) is 3.74. The Balaban J connectivity index is 1.58. The number of nitrogens with one attached hydrogen (secondary N) is 1. The van der Waals surface area contributed by atoms with Crippen molar-refractivity contribution >= 4 is 17.6 Å². The standard InChI is InChI=1S/C21H23FN6O/c1-13-4-6-16(7-5-13)17-8-19(27-24-9-17)25-20-18(22)10-23-21(26-20)28-11-14(2)29-15(3)12-28/h4-10,14-15H,11-12H2,1-3H3,(H,23,25,26,27)/t14-,15+. The molecule has 1 saturated heterocycles. The van der Waals surface area contributed by atoms with Crippen LogP contribution in [-0.2, 0) is 4.74 Å². The molecule has 1 N–H and O–H groups in total. The number of benzene rings is 1. The summed E-state index contributed by atoms with van der Waals surface area (Å²) >= 11 is 0. The van der Waals surface area contributed by atoms with E-state index in [1.54, 1.807) is 6.20 Å². The van der Waals surface area contributed by atoms with Crippen molar-refractivity contribution in [3.63, 3.8) is 0 Å². The van der Waals surface area contributed by atoms with E-state index in [0.29, 0.717) is 24.9 Å². The Morgan fingerprint density at radius 3 is 2.52 bits per heavy atom. The molecular weight excluding hydrogens is 371 g/mol. The van der Waals surface area contributed by atoms with Gasteiger partial charge in [-0.25, -0.2) is 9.37 Å². The van der Waals surface area contributed by atoms with Crippen molar-refractivity contribution in [1.29, 1.82) is 0 Å². The molecular formula is C21H23FN6O. The van der Waals surface area contributed by atoms with Gasteiger partial charge in [-0.05, 0) is 32.4 Å². The molecule has 150 valence electrons. The highest BCUT2D eigenvalue weighted by molar-refractivity contribution is 5.67. The molecule has 1 fully saturated rings. The third-order valence-electron chi connectivity index (χ3n) is 4.72. The number of aromatic nitrogens is 4. The van der Waals surface area contributed by atoms with Crippen molar-refractivity contribution in [2.75, 3.05) is 23.3 Å². The molecule has 4 rings (SSSR count). The van der Waals surface area contributed by atoms with E-state index in [0.717, 1.165) is 11.1 Å². The number of anilines is 3. The molecule has 2 aromatic heterocycles. The second-order valence-corrected chi connectivity index (χ2v) is 7.35. The van der Waals surface area contributed by atoms with Crippen LogP contribution in [0.5, 0.6) is 0 Å². The highest BCUT2D eigenvalue weighted by atomic mass is 19.1. The van der Waals surface area contributed by atoms with Crippen LogP contribution >= 0.6 is 0 Å². The van der Waals surface area contributed by atoms with Crippen LogP contribution in [0.1, 0.15) is 19.4 Å². The number of ether oxygens (including phenoxy) is 1. The SMILES string of the molecule is Cc1ccc(-c2cnnc(Nc3nc(N4C[C@@H](C)O[C@@H](C)C4)ncc3F)c2)cc1. The maximum absolute atomic E-state index is 14.4. The van der Waals surface area contributed by atoms with Gasteiger partial charge >= 0.3 is 0 Å². The summed E-state index contributed by atoms with van der Waals surface area (Å²) < 4.78 is 20.1. The number of halogens is 1. The second-order valence-electron chi connectivity index (χ2n) is 7.35. The molecule has 0 radical (unpaired) electrons. The topological polar surface area (TPSA) is 76.1 Å². The Labute approximate surface area is 169 Å². The molecule has 8 heteroatoms. The summed E-state index contributed by atoms with van der Waals surface area (Å²) in [5.74, 6) is 0.386. The average molecular weight is 394 g/mol. The molecule has 2 atom stereocenters. The van der Waals surface area contributed by atoms with Gasteiger partial charge in [-0.1, -0.05) is 29.8 Å². The summed E-state index contributed by atoms with van der Waals surface area (Å²) in [6.07, 6.45) is 2.96. The lowest BCUT2D eigenvalue weighted by molar-refractivity contribution is -0.00572. The van der Waals surface area contributed by atoms with Gasteiger partial charge in [0.2, 0.25) is 5.95 Å². The van der Waals surface area contributed by atoms with Crippen LogP contribution in [-0.4, -0.2) is 45.5 Å². The van der Waals surface area contributed by atoms with Crippen LogP contribution in [0.4, 0.5) is 22.0 Å². The number of rotatable bonds is 4. The minimum absolute atomic E-state index is 0.0564. The van der Waals surface area contributed by atoms with Gasteiger partial charge < -0.3 is 15.0 Å². The van der Waals surface area contributed by atoms with Crippen LogP contribution in [0.3, 0.4) is 0 Å². The number of aryl methyl sites for hydroxylation is 1. The fraction of sp³-hybridized carbons (Fsp3) is 0.333. The predicted molar refractivity (Wildman–Crippen MR) is 110 cm³/mol. The van der Waals surface area contributed by atoms with Crippen molar-refractivity contribution < 1.29 is 9.13 Å². The molecule has 3 heterocycles. The fourth-order valence-electron chi connectivity index (χ4n) is 3.39. The Hall–Kier alpha value is -3.13. The van der Waals surface area contributed by atoms with Gasteiger partial charge in [0, 0.05) is 18.7 Å². The monoisotopic (exact) mass is 394 g/mol. The van der Waals surface area contributed by atoms with Crippen LogP contribution < -0.4 is 10.2 Å². The zero-order valence-electron chi connectivity index (χ0n) is 16.6. The Morgan fingerprint density at radius 1 is 1.07 bits per heavy atom. The summed E-state index contributed by atoms with van der Waals surface area (Å²) in [6, 6.07) is 9.91. The van der Waals surface area contributed by atoms with E-state index >= 15 is 0 Å². The van der Waals surface area contributed by atoms with E-state index < -0.39 is 5.82 Å². The Bertz CT molecular complexity index is 987. The molecule has 0 saturated carbocycles. The number of hydrogen-bond acceptors (Lipinski definition) is 7. The quantitative estimate of drug-likeness (QED) is 0.722. The van der Waals surface area contributed by atoms with Gasteiger partial charge in [0.05, 0.1) is 24.6 Å². The maximum atomic E-state index is 14.4. The van der Waals surface area contributed by atoms with Gasteiger partial charge in [-0.15, -0.1) is 5.10 Å². The lowest BCUT2D eigenvalue weighted by Gasteiger charge is -2.35. The van der Waals surface area contributed by atoms with Crippen molar-refractivity contribution in [1.82, 2.24) is 20.2 Å². The smallest absolute Gasteiger partial charge is 0.227 e. The van der Waals surface area contributed by atoms with Crippen molar-refractivity contribution in [2.45, 2.75) is 33.0 Å². The first-order valence-electron chi connectivity index (χ1n) is 9.57. The molecule has 0 amide bonds. The molecule has 1 aromatic carbocycles. The lowest BCUT2D eigenvalue weighted by Crippen LogP contribution is -2.46. The average Bonchev–Trinajstić information content (AvgIpc) is 2.70. The van der Waals surface area contributed by atoms with Crippen molar-refractivity contribution in [2.24, 2.45) is 0 Å². The summed E-state index contributed by atoms with van der Waals surface area (Å²) in [6.45, 7) is 7.33. The maximum Gasteiger partial charge on any atom is 0.227 e. The van der Waals surface area contributed by atoms with E-state index in [9.17, 15) is 4.39 Å². The molecule has 1 aliphatic heterocycles. The van der Waals surface area contributed by atoms with Crippen LogP contribution in [0.15, 0.2) is 42.7 Å². The Morgan fingerprint density at radius 2 is 1.79 bits per heavy atom. The fourth-order valence-corrected chi connectivity index (χ4v) is 3.39. The number of morpholine rings is 1. The van der Waals surface area contributed by atoms with Crippen LogP contribution in [0, 0.1) is 12.7 Å².